The van der Waals surface area contributed by atoms with E-state index in [1.165, 1.54) is 6.20 Å². The van der Waals surface area contributed by atoms with Crippen LogP contribution in [0.15, 0.2) is 18.3 Å². The first-order valence-electron chi connectivity index (χ1n) is 9.06. The average molecular weight is 392 g/mol. The number of ether oxygens (including phenoxy) is 1. The minimum Gasteiger partial charge on any atom is -0.379 e. The van der Waals surface area contributed by atoms with Crippen LogP contribution in [0.1, 0.15) is 24.8 Å². The van der Waals surface area contributed by atoms with Gasteiger partial charge in [0.05, 0.1) is 29.2 Å². The van der Waals surface area contributed by atoms with Crippen LogP contribution in [0.5, 0.6) is 0 Å². The molecule has 3 rings (SSSR count). The fourth-order valence-corrected chi connectivity index (χ4v) is 4.93. The molecule has 3 atom stereocenters. The summed E-state index contributed by atoms with van der Waals surface area (Å²) in [5.74, 6) is 0.594. The Hall–Kier alpha value is -2.18. The van der Waals surface area contributed by atoms with E-state index in [0.29, 0.717) is 17.8 Å². The average Bonchev–Trinajstić information content (AvgIpc) is 2.68. The van der Waals surface area contributed by atoms with Crippen LogP contribution in [-0.4, -0.2) is 68.1 Å². The summed E-state index contributed by atoms with van der Waals surface area (Å²) in [6.07, 6.45) is 3.53. The first-order chi connectivity index (χ1) is 12.9. The zero-order chi connectivity index (χ0) is 19.4. The van der Waals surface area contributed by atoms with Crippen molar-refractivity contribution in [2.45, 2.75) is 31.4 Å². The van der Waals surface area contributed by atoms with Gasteiger partial charge < -0.3 is 15.0 Å². The van der Waals surface area contributed by atoms with E-state index < -0.39 is 9.84 Å². The third-order valence-electron chi connectivity index (χ3n) is 5.32. The molecule has 146 valence electrons. The van der Waals surface area contributed by atoms with E-state index in [9.17, 15) is 13.2 Å². The molecule has 2 fully saturated rings. The molecule has 1 aliphatic carbocycles. The normalized spacial score (nSPS) is 27.6. The fraction of sp³-hybridized carbons (Fsp3) is 0.611. The number of nitrogens with one attached hydrogen (secondary N) is 1. The number of nitriles is 1. The highest BCUT2D eigenvalue weighted by molar-refractivity contribution is 7.91. The van der Waals surface area contributed by atoms with Gasteiger partial charge in [-0.2, -0.15) is 5.26 Å². The van der Waals surface area contributed by atoms with Gasteiger partial charge in [-0.25, -0.2) is 13.4 Å². The molecule has 0 aromatic carbocycles. The van der Waals surface area contributed by atoms with Crippen LogP contribution >= 0.6 is 0 Å². The summed E-state index contributed by atoms with van der Waals surface area (Å²) in [5, 5.41) is 12.2. The number of methoxy groups -OCH3 is 1. The van der Waals surface area contributed by atoms with Crippen LogP contribution in [-0.2, 0) is 19.4 Å². The van der Waals surface area contributed by atoms with Gasteiger partial charge in [-0.15, -0.1) is 0 Å². The van der Waals surface area contributed by atoms with E-state index in [2.05, 4.69) is 10.3 Å². The highest BCUT2D eigenvalue weighted by atomic mass is 32.2. The van der Waals surface area contributed by atoms with E-state index in [4.69, 9.17) is 10.00 Å². The van der Waals surface area contributed by atoms with E-state index in [-0.39, 0.29) is 48.6 Å². The smallest absolute Gasteiger partial charge is 0.225 e. The Bertz CT molecular complexity index is 805. The van der Waals surface area contributed by atoms with Gasteiger partial charge in [0, 0.05) is 32.3 Å². The molecule has 1 saturated heterocycles. The lowest BCUT2D eigenvalue weighted by atomic mass is 9.82. The van der Waals surface area contributed by atoms with Crippen molar-refractivity contribution >= 4 is 21.6 Å². The molecule has 9 heteroatoms. The third-order valence-corrected chi connectivity index (χ3v) is 6.93. The van der Waals surface area contributed by atoms with Crippen molar-refractivity contribution in [1.82, 2.24) is 9.88 Å². The molecule has 0 bridgehead atoms. The second kappa shape index (κ2) is 8.23. The van der Waals surface area contributed by atoms with Crippen molar-refractivity contribution in [3.63, 3.8) is 0 Å². The van der Waals surface area contributed by atoms with Crippen LogP contribution in [0.4, 0.5) is 5.82 Å². The molecule has 27 heavy (non-hydrogen) atoms. The Morgan fingerprint density at radius 1 is 1.33 bits per heavy atom. The standard InChI is InChI=1S/C18H24N4O4S/c1-26-16-4-3-14(18(23)22-6-8-27(24,25)9-7-22)10-15(16)21-17-5-2-13(11-19)12-20-17/h2,5,12,14-16H,3-4,6-10H2,1H3,(H,20,21)/t14-,15+,16+/m0/s1. The zero-order valence-electron chi connectivity index (χ0n) is 15.3. The van der Waals surface area contributed by atoms with E-state index in [1.807, 2.05) is 6.07 Å². The number of hydrogen-bond acceptors (Lipinski definition) is 7. The summed E-state index contributed by atoms with van der Waals surface area (Å²) in [5.41, 5.74) is 0.487. The van der Waals surface area contributed by atoms with Gasteiger partial charge in [-0.05, 0) is 31.4 Å². The van der Waals surface area contributed by atoms with Crippen LogP contribution < -0.4 is 5.32 Å². The lowest BCUT2D eigenvalue weighted by Gasteiger charge is -2.38. The Labute approximate surface area is 159 Å². The number of sulfone groups is 1. The van der Waals surface area contributed by atoms with Crippen LogP contribution in [0.2, 0.25) is 0 Å². The number of anilines is 1. The van der Waals surface area contributed by atoms with E-state index >= 15 is 0 Å². The number of amides is 1. The van der Waals surface area contributed by atoms with Gasteiger partial charge in [0.1, 0.15) is 11.9 Å². The molecule has 1 aromatic heterocycles. The molecule has 8 nitrogen and oxygen atoms in total. The Kier molecular flexibility index (Phi) is 5.97. The summed E-state index contributed by atoms with van der Waals surface area (Å²) in [7, 11) is -1.35. The van der Waals surface area contributed by atoms with E-state index in [1.54, 1.807) is 24.1 Å². The van der Waals surface area contributed by atoms with Crippen molar-refractivity contribution in [2.75, 3.05) is 37.0 Å². The van der Waals surface area contributed by atoms with Crippen molar-refractivity contribution in [1.29, 1.82) is 5.26 Å². The minimum absolute atomic E-state index is 0.0269. The molecule has 0 radical (unpaired) electrons. The summed E-state index contributed by atoms with van der Waals surface area (Å²) in [6.45, 7) is 0.557. The predicted molar refractivity (Wildman–Crippen MR) is 99.7 cm³/mol. The van der Waals surface area contributed by atoms with Gasteiger partial charge in [-0.1, -0.05) is 0 Å². The summed E-state index contributed by atoms with van der Waals surface area (Å²) in [4.78, 5) is 18.8. The molecular formula is C18H24N4O4S. The maximum absolute atomic E-state index is 12.9. The molecular weight excluding hydrogens is 368 g/mol. The lowest BCUT2D eigenvalue weighted by Crippen LogP contribution is -2.49. The molecule has 1 aromatic rings. The van der Waals surface area contributed by atoms with Crippen molar-refractivity contribution in [3.8, 4) is 6.07 Å². The van der Waals surface area contributed by atoms with Gasteiger partial charge in [0.25, 0.3) is 0 Å². The molecule has 1 saturated carbocycles. The molecule has 2 aliphatic rings. The van der Waals surface area contributed by atoms with Crippen molar-refractivity contribution < 1.29 is 17.9 Å². The lowest BCUT2D eigenvalue weighted by molar-refractivity contribution is -0.137. The van der Waals surface area contributed by atoms with Crippen molar-refractivity contribution in [2.24, 2.45) is 5.92 Å². The number of carbonyl (C=O) groups excluding carboxylic acids is 1. The Morgan fingerprint density at radius 3 is 2.67 bits per heavy atom. The number of hydrogen-bond donors (Lipinski definition) is 1. The summed E-state index contributed by atoms with van der Waals surface area (Å²) >= 11 is 0. The Balaban J connectivity index is 1.65. The number of carbonyl (C=O) groups is 1. The number of pyridine rings is 1. The highest BCUT2D eigenvalue weighted by Gasteiger charge is 2.37. The van der Waals surface area contributed by atoms with Gasteiger partial charge in [0.15, 0.2) is 9.84 Å². The first kappa shape index (κ1) is 19.6. The van der Waals surface area contributed by atoms with E-state index in [0.717, 1.165) is 12.8 Å². The molecule has 1 aliphatic heterocycles. The summed E-state index contributed by atoms with van der Waals surface area (Å²) < 4.78 is 28.7. The molecule has 1 N–H and O–H groups in total. The topological polar surface area (TPSA) is 112 Å². The maximum atomic E-state index is 12.9. The number of rotatable bonds is 4. The van der Waals surface area contributed by atoms with Gasteiger partial charge in [-0.3, -0.25) is 4.79 Å². The third kappa shape index (κ3) is 4.76. The Morgan fingerprint density at radius 2 is 2.07 bits per heavy atom. The molecule has 1 amide bonds. The number of aromatic nitrogens is 1. The minimum atomic E-state index is -3.01. The SMILES string of the molecule is CO[C@@H]1CC[C@H](C(=O)N2CCS(=O)(=O)CC2)C[C@H]1Nc1ccc(C#N)cn1. The van der Waals surface area contributed by atoms with Gasteiger partial charge in [0.2, 0.25) is 5.91 Å². The molecule has 0 unspecified atom stereocenters. The highest BCUT2D eigenvalue weighted by Crippen LogP contribution is 2.30. The maximum Gasteiger partial charge on any atom is 0.225 e. The van der Waals surface area contributed by atoms with Crippen LogP contribution in [0.25, 0.3) is 0 Å². The molecule has 2 heterocycles. The largest absolute Gasteiger partial charge is 0.379 e. The van der Waals surface area contributed by atoms with Gasteiger partial charge >= 0.3 is 0 Å². The fourth-order valence-electron chi connectivity index (χ4n) is 3.73. The van der Waals surface area contributed by atoms with Crippen molar-refractivity contribution in [3.05, 3.63) is 23.9 Å². The molecule has 0 spiro atoms. The first-order valence-corrected chi connectivity index (χ1v) is 10.9. The monoisotopic (exact) mass is 392 g/mol. The van der Waals surface area contributed by atoms with Crippen LogP contribution in [0, 0.1) is 17.2 Å². The predicted octanol–water partition coefficient (Wildman–Crippen LogP) is 0.806. The second-order valence-electron chi connectivity index (χ2n) is 7.06. The quantitative estimate of drug-likeness (QED) is 0.807. The summed E-state index contributed by atoms with van der Waals surface area (Å²) in [6, 6.07) is 5.39. The second-order valence-corrected chi connectivity index (χ2v) is 9.36. The zero-order valence-corrected chi connectivity index (χ0v) is 16.1. The number of nitrogens with zero attached hydrogens (tertiary/aromatic N) is 3. The van der Waals surface area contributed by atoms with Crippen LogP contribution in [0.3, 0.4) is 0 Å².